The van der Waals surface area contributed by atoms with E-state index >= 15 is 0 Å². The van der Waals surface area contributed by atoms with Crippen molar-refractivity contribution in [1.29, 1.82) is 0 Å². The Morgan fingerprint density at radius 1 is 1.07 bits per heavy atom. The van der Waals surface area contributed by atoms with Crippen LogP contribution in [0.5, 0.6) is 0 Å². The van der Waals surface area contributed by atoms with Gasteiger partial charge in [-0.1, -0.05) is 0 Å². The molecule has 2 aliphatic rings. The third kappa shape index (κ3) is 1.10. The summed E-state index contributed by atoms with van der Waals surface area (Å²) in [5.41, 5.74) is 5.94. The van der Waals surface area contributed by atoms with Crippen LogP contribution < -0.4 is 0 Å². The molecular formula is C12H8Li2. The molecule has 0 radical (unpaired) electrons. The second-order valence-corrected chi connectivity index (χ2v) is 4.82. The molecule has 0 saturated carbocycles. The van der Waals surface area contributed by atoms with Crippen LogP contribution in [0.3, 0.4) is 0 Å². The number of hydrogen-bond donors (Lipinski definition) is 0. The van der Waals surface area contributed by atoms with Gasteiger partial charge in [-0.05, 0) is 0 Å². The van der Waals surface area contributed by atoms with E-state index in [0.717, 1.165) is 0 Å². The van der Waals surface area contributed by atoms with Crippen LogP contribution in [-0.2, 0) is 0 Å². The van der Waals surface area contributed by atoms with E-state index in [1.807, 2.05) is 0 Å². The maximum absolute atomic E-state index is 2.34. The molecule has 0 aromatic heterocycles. The van der Waals surface area contributed by atoms with Crippen molar-refractivity contribution in [3.8, 4) is 0 Å². The number of rotatable bonds is 0. The van der Waals surface area contributed by atoms with E-state index in [1.165, 1.54) is 23.1 Å². The van der Waals surface area contributed by atoms with Crippen LogP contribution in [0.2, 0.25) is 2.76 Å². The zero-order chi connectivity index (χ0) is 9.76. The predicted molar refractivity (Wildman–Crippen MR) is 61.2 cm³/mol. The zero-order valence-corrected chi connectivity index (χ0v) is 8.67. The van der Waals surface area contributed by atoms with Gasteiger partial charge in [0.25, 0.3) is 0 Å². The second kappa shape index (κ2) is 2.94. The first-order chi connectivity index (χ1) is 6.70. The molecule has 0 amide bonds. The van der Waals surface area contributed by atoms with Crippen LogP contribution in [0.15, 0.2) is 36.4 Å². The topological polar surface area (TPSA) is 0 Å². The quantitative estimate of drug-likeness (QED) is 0.519. The summed E-state index contributed by atoms with van der Waals surface area (Å²) in [6.45, 7) is 0. The first-order valence-electron chi connectivity index (χ1n) is 5.21. The Balaban J connectivity index is 2.21. The molecule has 2 aliphatic carbocycles. The molecule has 0 unspecified atom stereocenters. The fourth-order valence-corrected chi connectivity index (χ4v) is 2.63. The summed E-state index contributed by atoms with van der Waals surface area (Å²) >= 11 is 4.67. The monoisotopic (exact) mass is 166 g/mol. The van der Waals surface area contributed by atoms with E-state index in [9.17, 15) is 0 Å². The van der Waals surface area contributed by atoms with E-state index in [0.29, 0.717) is 2.76 Å². The Bertz CT molecular complexity index is 467. The minimum atomic E-state index is 0.332. The van der Waals surface area contributed by atoms with Crippen molar-refractivity contribution in [2.24, 2.45) is 0 Å². The van der Waals surface area contributed by atoms with Crippen LogP contribution in [-0.4, -0.2) is 35.4 Å². The van der Waals surface area contributed by atoms with E-state index in [-0.39, 0.29) is 0 Å². The van der Waals surface area contributed by atoms with Crippen molar-refractivity contribution in [2.75, 3.05) is 0 Å². The number of benzene rings is 1. The molecule has 58 valence electrons. The van der Waals surface area contributed by atoms with Crippen molar-refractivity contribution in [2.45, 2.75) is 9.18 Å². The summed E-state index contributed by atoms with van der Waals surface area (Å²) in [7, 11) is 0. The van der Waals surface area contributed by atoms with Gasteiger partial charge in [-0.2, -0.15) is 0 Å². The molecule has 0 N–H and O–H groups in total. The summed E-state index contributed by atoms with van der Waals surface area (Å²) in [5, 5.41) is 0. The van der Waals surface area contributed by atoms with Crippen LogP contribution in [0.25, 0.3) is 11.1 Å². The fourth-order valence-electron chi connectivity index (χ4n) is 2.63. The van der Waals surface area contributed by atoms with E-state index in [4.69, 9.17) is 0 Å². The summed E-state index contributed by atoms with van der Waals surface area (Å²) in [6.07, 6.45) is 5.75. The van der Waals surface area contributed by atoms with Crippen molar-refractivity contribution >= 4 is 46.6 Å². The van der Waals surface area contributed by atoms with E-state index in [2.05, 4.69) is 71.8 Å². The van der Waals surface area contributed by atoms with Gasteiger partial charge in [0.2, 0.25) is 0 Å². The minimum absolute atomic E-state index is 0.332. The first kappa shape index (κ1) is 9.14. The van der Waals surface area contributed by atoms with Crippen LogP contribution in [0.4, 0.5) is 0 Å². The second-order valence-electron chi connectivity index (χ2n) is 4.82. The fraction of sp³-hybridized carbons (Fsp3) is 0.167. The van der Waals surface area contributed by atoms with E-state index in [1.54, 1.807) is 5.57 Å². The summed E-state index contributed by atoms with van der Waals surface area (Å²) in [6, 6.07) is 8.73. The predicted octanol–water partition coefficient (Wildman–Crippen LogP) is 2.32. The van der Waals surface area contributed by atoms with Gasteiger partial charge in [0.15, 0.2) is 0 Å². The molecule has 0 fully saturated rings. The van der Waals surface area contributed by atoms with Crippen LogP contribution >= 0.6 is 0 Å². The average molecular weight is 166 g/mol. The third-order valence-corrected chi connectivity index (χ3v) is 3.35. The van der Waals surface area contributed by atoms with Gasteiger partial charge in [-0.15, -0.1) is 0 Å². The molecule has 0 nitrogen and oxygen atoms in total. The molecule has 0 heterocycles. The summed E-state index contributed by atoms with van der Waals surface area (Å²) in [4.78, 5) is 0. The Morgan fingerprint density at radius 3 is 2.57 bits per heavy atom. The molecule has 0 bridgehead atoms. The zero-order valence-electron chi connectivity index (χ0n) is 8.67. The van der Waals surface area contributed by atoms with Crippen molar-refractivity contribution < 1.29 is 0 Å². The molecule has 3 rings (SSSR count). The van der Waals surface area contributed by atoms with Crippen molar-refractivity contribution in [3.63, 3.8) is 0 Å². The molecule has 0 atom stereocenters. The van der Waals surface area contributed by atoms with Crippen molar-refractivity contribution in [3.05, 3.63) is 47.5 Å². The van der Waals surface area contributed by atoms with Crippen LogP contribution in [0.1, 0.15) is 17.5 Å². The Morgan fingerprint density at radius 2 is 1.79 bits per heavy atom. The van der Waals surface area contributed by atoms with Gasteiger partial charge in [-0.3, -0.25) is 0 Å². The third-order valence-electron chi connectivity index (χ3n) is 3.35. The summed E-state index contributed by atoms with van der Waals surface area (Å²) in [5.74, 6) is 0. The van der Waals surface area contributed by atoms with Gasteiger partial charge >= 0.3 is 103 Å². The van der Waals surface area contributed by atoms with Gasteiger partial charge in [0, 0.05) is 0 Å². The average Bonchev–Trinajstić information content (AvgIpc) is 2.12. The number of allylic oxidation sites excluding steroid dienone is 4. The first-order valence-corrected chi connectivity index (χ1v) is 5.21. The molecule has 14 heavy (non-hydrogen) atoms. The van der Waals surface area contributed by atoms with E-state index < -0.39 is 0 Å². The number of hydrogen-bond acceptors (Lipinski definition) is 0. The Kier molecular flexibility index (Phi) is 1.92. The van der Waals surface area contributed by atoms with Crippen LogP contribution in [0, 0.1) is 0 Å². The summed E-state index contributed by atoms with van der Waals surface area (Å²) < 4.78 is 0.332. The van der Waals surface area contributed by atoms with Gasteiger partial charge < -0.3 is 0 Å². The maximum atomic E-state index is 2.34. The Labute approximate surface area is 103 Å². The molecule has 1 aromatic carbocycles. The van der Waals surface area contributed by atoms with Gasteiger partial charge in [-0.25, -0.2) is 0 Å². The molecule has 1 aromatic rings. The SMILES string of the molecule is [Li][C]1([Li])CC=CC2=C1c1ccccc12. The Hall–Kier alpha value is -0.105. The molecule has 0 saturated heterocycles. The standard InChI is InChI=1S/C12H8.2Li/c1-2-6-10-9(5-1)11-7-3-4-8-12(10)11;;/h1-3,5-7H,4H2;;. The normalized spacial score (nSPS) is 21.4. The molecule has 2 heteroatoms. The number of fused-ring (bicyclic) bond motifs is 3. The molecular weight excluding hydrogens is 158 g/mol. The van der Waals surface area contributed by atoms with Crippen molar-refractivity contribution in [1.82, 2.24) is 0 Å². The van der Waals surface area contributed by atoms with Gasteiger partial charge in [0.1, 0.15) is 0 Å². The molecule has 0 aliphatic heterocycles. The molecule has 0 spiro atoms. The van der Waals surface area contributed by atoms with Gasteiger partial charge in [0.05, 0.1) is 0 Å².